The highest BCUT2D eigenvalue weighted by atomic mass is 16.9. The minimum Gasteiger partial charge on any atom is -0.379 e. The van der Waals surface area contributed by atoms with Crippen molar-refractivity contribution in [2.24, 2.45) is 0 Å². The van der Waals surface area contributed by atoms with Crippen LogP contribution in [0.1, 0.15) is 34.1 Å². The van der Waals surface area contributed by atoms with Gasteiger partial charge in [0.1, 0.15) is 0 Å². The second-order valence-corrected chi connectivity index (χ2v) is 3.27. The van der Waals surface area contributed by atoms with Gasteiger partial charge in [0.25, 0.3) is 0 Å². The average Bonchev–Trinajstić information content (AvgIpc) is 2.34. The number of hydrogen-bond donors (Lipinski definition) is 1. The molecular formula is C12H25O5. The van der Waals surface area contributed by atoms with Crippen molar-refractivity contribution >= 4 is 0 Å². The highest BCUT2D eigenvalue weighted by molar-refractivity contribution is 4.86. The predicted molar refractivity (Wildman–Crippen MR) is 63.9 cm³/mol. The fourth-order valence-electron chi connectivity index (χ4n) is 1.35. The van der Waals surface area contributed by atoms with Crippen LogP contribution in [0.5, 0.6) is 0 Å². The van der Waals surface area contributed by atoms with Crippen LogP contribution in [0.4, 0.5) is 0 Å². The summed E-state index contributed by atoms with van der Waals surface area (Å²) in [5.41, 5.74) is 0. The molecule has 5 heteroatoms. The molecule has 0 aromatic heterocycles. The Bertz CT molecular complexity index is 168. The molecule has 0 bridgehead atoms. The lowest BCUT2D eigenvalue weighted by atomic mass is 10.2. The van der Waals surface area contributed by atoms with Gasteiger partial charge in [0.15, 0.2) is 6.10 Å². The van der Waals surface area contributed by atoms with E-state index in [1.54, 1.807) is 0 Å². The third-order valence-electron chi connectivity index (χ3n) is 2.08. The van der Waals surface area contributed by atoms with E-state index in [1.165, 1.54) is 0 Å². The molecule has 0 spiro atoms. The van der Waals surface area contributed by atoms with Gasteiger partial charge in [0.05, 0.1) is 13.2 Å². The molecule has 0 amide bonds. The summed E-state index contributed by atoms with van der Waals surface area (Å²) >= 11 is 0. The molecule has 0 aromatic carbocycles. The molecule has 0 fully saturated rings. The summed E-state index contributed by atoms with van der Waals surface area (Å²) in [6.07, 6.45) is 0.451. The van der Waals surface area contributed by atoms with Gasteiger partial charge in [-0.25, -0.2) is 0 Å². The molecule has 1 N–H and O–H groups in total. The van der Waals surface area contributed by atoms with E-state index in [2.05, 4.69) is 0 Å². The molecule has 17 heavy (non-hydrogen) atoms. The molecule has 0 saturated carbocycles. The summed E-state index contributed by atoms with van der Waals surface area (Å²) in [7, 11) is 0. The standard InChI is InChI=1S/C12H25O5/c1-5-11(13)12(15-7-3,16-8-4)17-10-9-14-6-2/h13H,5-10H2,1-4H3. The van der Waals surface area contributed by atoms with Crippen LogP contribution in [0.3, 0.4) is 0 Å². The summed E-state index contributed by atoms with van der Waals surface area (Å²) in [6, 6.07) is 0. The van der Waals surface area contributed by atoms with E-state index >= 15 is 0 Å². The van der Waals surface area contributed by atoms with E-state index in [0.717, 1.165) is 0 Å². The van der Waals surface area contributed by atoms with Crippen molar-refractivity contribution in [3.63, 3.8) is 0 Å². The Labute approximate surface area is 104 Å². The summed E-state index contributed by atoms with van der Waals surface area (Å²) in [6.45, 7) is 9.51. The van der Waals surface area contributed by atoms with Crippen LogP contribution in [0, 0.1) is 6.10 Å². The van der Waals surface area contributed by atoms with Crippen LogP contribution in [0.15, 0.2) is 0 Å². The van der Waals surface area contributed by atoms with E-state index < -0.39 is 5.97 Å². The lowest BCUT2D eigenvalue weighted by Crippen LogP contribution is -2.46. The van der Waals surface area contributed by atoms with Crippen molar-refractivity contribution in [2.75, 3.05) is 33.0 Å². The molecule has 0 aromatic rings. The van der Waals surface area contributed by atoms with Gasteiger partial charge >= 0.3 is 5.97 Å². The molecule has 5 nitrogen and oxygen atoms in total. The first-order valence-electron chi connectivity index (χ1n) is 6.21. The van der Waals surface area contributed by atoms with Crippen LogP contribution in [0.25, 0.3) is 0 Å². The van der Waals surface area contributed by atoms with Crippen molar-refractivity contribution in [3.05, 3.63) is 6.10 Å². The molecule has 1 radical (unpaired) electrons. The topological polar surface area (TPSA) is 57.2 Å². The first-order chi connectivity index (χ1) is 8.16. The van der Waals surface area contributed by atoms with Crippen molar-refractivity contribution < 1.29 is 24.1 Å². The lowest BCUT2D eigenvalue weighted by Gasteiger charge is -2.35. The monoisotopic (exact) mass is 249 g/mol. The molecule has 0 rings (SSSR count). The number of aliphatic hydroxyl groups is 1. The zero-order valence-corrected chi connectivity index (χ0v) is 11.3. The zero-order chi connectivity index (χ0) is 13.1. The highest BCUT2D eigenvalue weighted by Gasteiger charge is 2.41. The SMILES string of the molecule is CCOCCOC(OCC)(OCC)[C](O)CC. The van der Waals surface area contributed by atoms with Gasteiger partial charge in [0, 0.05) is 19.8 Å². The van der Waals surface area contributed by atoms with Gasteiger partial charge in [-0.2, -0.15) is 0 Å². The van der Waals surface area contributed by atoms with Gasteiger partial charge in [-0.05, 0) is 27.2 Å². The molecule has 0 aliphatic rings. The first-order valence-corrected chi connectivity index (χ1v) is 6.21. The Morgan fingerprint density at radius 2 is 1.47 bits per heavy atom. The van der Waals surface area contributed by atoms with Crippen LogP contribution in [-0.2, 0) is 18.9 Å². The Hall–Kier alpha value is -0.200. The van der Waals surface area contributed by atoms with Gasteiger partial charge in [0.2, 0.25) is 0 Å². The Kier molecular flexibility index (Phi) is 9.68. The maximum Gasteiger partial charge on any atom is 0.316 e. The third-order valence-corrected chi connectivity index (χ3v) is 2.08. The second kappa shape index (κ2) is 9.79. The normalized spacial score (nSPS) is 12.4. The smallest absolute Gasteiger partial charge is 0.316 e. The van der Waals surface area contributed by atoms with Gasteiger partial charge in [-0.3, -0.25) is 0 Å². The first kappa shape index (κ1) is 16.8. The molecule has 0 aliphatic heterocycles. The second-order valence-electron chi connectivity index (χ2n) is 3.27. The molecule has 0 saturated heterocycles. The minimum absolute atomic E-state index is 0.0395. The van der Waals surface area contributed by atoms with E-state index in [1.807, 2.05) is 27.7 Å². The van der Waals surface area contributed by atoms with E-state index in [4.69, 9.17) is 18.9 Å². The van der Waals surface area contributed by atoms with Crippen molar-refractivity contribution in [1.82, 2.24) is 0 Å². The predicted octanol–water partition coefficient (Wildman–Crippen LogP) is 2.08. The maximum absolute atomic E-state index is 9.89. The van der Waals surface area contributed by atoms with Crippen molar-refractivity contribution in [3.8, 4) is 0 Å². The van der Waals surface area contributed by atoms with Crippen LogP contribution in [-0.4, -0.2) is 44.1 Å². The van der Waals surface area contributed by atoms with Gasteiger partial charge < -0.3 is 24.1 Å². The summed E-state index contributed by atoms with van der Waals surface area (Å²) in [5, 5.41) is 9.89. The fourth-order valence-corrected chi connectivity index (χ4v) is 1.35. The van der Waals surface area contributed by atoms with E-state index in [0.29, 0.717) is 39.5 Å². The summed E-state index contributed by atoms with van der Waals surface area (Å²) < 4.78 is 21.5. The number of hydrogen-bond acceptors (Lipinski definition) is 5. The van der Waals surface area contributed by atoms with E-state index in [9.17, 15) is 5.11 Å². The molecular weight excluding hydrogens is 224 g/mol. The molecule has 0 heterocycles. The molecule has 0 atom stereocenters. The third kappa shape index (κ3) is 5.79. The minimum atomic E-state index is -1.45. The summed E-state index contributed by atoms with van der Waals surface area (Å²) in [4.78, 5) is 0. The quantitative estimate of drug-likeness (QED) is 0.449. The average molecular weight is 249 g/mol. The number of aliphatic hydroxyl groups excluding tert-OH is 1. The van der Waals surface area contributed by atoms with Crippen LogP contribution in [0.2, 0.25) is 0 Å². The summed E-state index contributed by atoms with van der Waals surface area (Å²) in [5.74, 6) is -1.45. The maximum atomic E-state index is 9.89. The largest absolute Gasteiger partial charge is 0.379 e. The Balaban J connectivity index is 4.42. The molecule has 103 valence electrons. The number of ether oxygens (including phenoxy) is 4. The van der Waals surface area contributed by atoms with Crippen molar-refractivity contribution in [2.45, 2.75) is 40.1 Å². The van der Waals surface area contributed by atoms with Crippen molar-refractivity contribution in [1.29, 1.82) is 0 Å². The number of rotatable bonds is 11. The van der Waals surface area contributed by atoms with Gasteiger partial charge in [-0.1, -0.05) is 6.92 Å². The van der Waals surface area contributed by atoms with Crippen LogP contribution >= 0.6 is 0 Å². The van der Waals surface area contributed by atoms with E-state index in [-0.39, 0.29) is 6.10 Å². The highest BCUT2D eigenvalue weighted by Crippen LogP contribution is 2.28. The lowest BCUT2D eigenvalue weighted by molar-refractivity contribution is -0.386. The molecule has 0 aliphatic carbocycles. The Morgan fingerprint density at radius 1 is 0.882 bits per heavy atom. The Morgan fingerprint density at radius 3 is 1.88 bits per heavy atom. The van der Waals surface area contributed by atoms with Crippen LogP contribution < -0.4 is 0 Å². The fraction of sp³-hybridized carbons (Fsp3) is 0.917. The molecule has 0 unspecified atom stereocenters. The van der Waals surface area contributed by atoms with Gasteiger partial charge in [-0.15, -0.1) is 0 Å². The zero-order valence-electron chi connectivity index (χ0n) is 11.3.